The Balaban J connectivity index is 1.75. The largest absolute Gasteiger partial charge is 0.457 e. The van der Waals surface area contributed by atoms with Crippen molar-refractivity contribution in [2.24, 2.45) is 10.3 Å². The Labute approximate surface area is 170 Å². The van der Waals surface area contributed by atoms with E-state index in [1.807, 2.05) is 36.4 Å². The molecule has 3 aromatic rings. The molecule has 0 aliphatic heterocycles. The van der Waals surface area contributed by atoms with Crippen molar-refractivity contribution in [1.29, 1.82) is 0 Å². The van der Waals surface area contributed by atoms with Gasteiger partial charge < -0.3 is 9.94 Å². The Morgan fingerprint density at radius 1 is 0.929 bits per heavy atom. The highest BCUT2D eigenvalue weighted by molar-refractivity contribution is 9.10. The molecule has 0 spiro atoms. The molecule has 140 valence electrons. The summed E-state index contributed by atoms with van der Waals surface area (Å²) in [5, 5.41) is 16.0. The van der Waals surface area contributed by atoms with E-state index in [9.17, 15) is 4.79 Å². The topological polar surface area (TPSA) is 83.3 Å². The molecule has 3 rings (SSSR count). The molecule has 0 fully saturated rings. The van der Waals surface area contributed by atoms with Crippen LogP contribution in [0.15, 0.2) is 93.6 Å². The summed E-state index contributed by atoms with van der Waals surface area (Å²) in [6.07, 6.45) is 1.15. The molecule has 3 aromatic carbocycles. The normalized spacial score (nSPS) is 11.4. The summed E-state index contributed by atoms with van der Waals surface area (Å²) >= 11 is 3.33. The number of halogens is 1. The van der Waals surface area contributed by atoms with Crippen LogP contribution in [0, 0.1) is 0 Å². The zero-order valence-corrected chi connectivity index (χ0v) is 16.2. The highest BCUT2D eigenvalue weighted by Crippen LogP contribution is 2.21. The molecule has 7 heteroatoms. The van der Waals surface area contributed by atoms with E-state index in [0.29, 0.717) is 21.3 Å². The van der Waals surface area contributed by atoms with Crippen molar-refractivity contribution in [2.75, 3.05) is 0 Å². The van der Waals surface area contributed by atoms with E-state index in [2.05, 4.69) is 31.6 Å². The van der Waals surface area contributed by atoms with Gasteiger partial charge in [0.2, 0.25) is 0 Å². The summed E-state index contributed by atoms with van der Waals surface area (Å²) in [6, 6.07) is 23.4. The molecule has 0 heterocycles. The zero-order chi connectivity index (χ0) is 19.8. The minimum Gasteiger partial charge on any atom is -0.457 e. The van der Waals surface area contributed by atoms with Gasteiger partial charge in [-0.15, -0.1) is 0 Å². The Kier molecular flexibility index (Phi) is 6.54. The minimum absolute atomic E-state index is 0.286. The molecule has 0 saturated carbocycles. The van der Waals surface area contributed by atoms with Crippen LogP contribution in [-0.4, -0.2) is 23.0 Å². The van der Waals surface area contributed by atoms with Crippen molar-refractivity contribution in [1.82, 2.24) is 5.43 Å². The number of benzene rings is 3. The highest BCUT2D eigenvalue weighted by Gasteiger charge is 2.09. The van der Waals surface area contributed by atoms with Crippen LogP contribution >= 0.6 is 15.9 Å². The second-order valence-corrected chi connectivity index (χ2v) is 6.46. The van der Waals surface area contributed by atoms with E-state index in [4.69, 9.17) is 9.94 Å². The SMILES string of the molecule is O=C(NN=C(C=NO)c1ccc(Oc2ccccc2)cc1)c1ccccc1Br. The first-order valence-corrected chi connectivity index (χ1v) is 9.10. The average molecular weight is 438 g/mol. The number of ether oxygens (including phenoxy) is 1. The van der Waals surface area contributed by atoms with Crippen LogP contribution in [0.4, 0.5) is 0 Å². The Morgan fingerprint density at radius 2 is 1.57 bits per heavy atom. The molecule has 6 nitrogen and oxygen atoms in total. The second-order valence-electron chi connectivity index (χ2n) is 5.60. The van der Waals surface area contributed by atoms with Crippen molar-refractivity contribution >= 4 is 33.8 Å². The van der Waals surface area contributed by atoms with Crippen LogP contribution in [-0.2, 0) is 0 Å². The molecule has 2 N–H and O–H groups in total. The number of nitrogens with one attached hydrogen (secondary N) is 1. The zero-order valence-electron chi connectivity index (χ0n) is 14.6. The number of hydrazone groups is 1. The third-order valence-corrected chi connectivity index (χ3v) is 4.40. The molecule has 0 radical (unpaired) electrons. The lowest BCUT2D eigenvalue weighted by Crippen LogP contribution is -2.21. The fraction of sp³-hybridized carbons (Fsp3) is 0. The van der Waals surface area contributed by atoms with Crippen LogP contribution in [0.2, 0.25) is 0 Å². The van der Waals surface area contributed by atoms with Crippen LogP contribution in [0.3, 0.4) is 0 Å². The van der Waals surface area contributed by atoms with Gasteiger partial charge in [0, 0.05) is 10.0 Å². The number of carbonyl (C=O) groups is 1. The Morgan fingerprint density at radius 3 is 2.25 bits per heavy atom. The molecule has 0 bridgehead atoms. The maximum absolute atomic E-state index is 12.3. The van der Waals surface area contributed by atoms with E-state index in [1.54, 1.807) is 42.5 Å². The second kappa shape index (κ2) is 9.48. The number of nitrogens with zero attached hydrogens (tertiary/aromatic N) is 2. The van der Waals surface area contributed by atoms with Crippen molar-refractivity contribution in [3.05, 3.63) is 94.5 Å². The van der Waals surface area contributed by atoms with E-state index >= 15 is 0 Å². The summed E-state index contributed by atoms with van der Waals surface area (Å²) < 4.78 is 6.40. The van der Waals surface area contributed by atoms with Crippen LogP contribution in [0.25, 0.3) is 0 Å². The predicted molar refractivity (Wildman–Crippen MR) is 111 cm³/mol. The van der Waals surface area contributed by atoms with Crippen molar-refractivity contribution in [2.45, 2.75) is 0 Å². The fourth-order valence-electron chi connectivity index (χ4n) is 2.36. The number of hydrogen-bond donors (Lipinski definition) is 2. The van der Waals surface area contributed by atoms with Gasteiger partial charge in [-0.25, -0.2) is 5.43 Å². The minimum atomic E-state index is -0.389. The summed E-state index contributed by atoms with van der Waals surface area (Å²) in [5.74, 6) is 0.981. The lowest BCUT2D eigenvalue weighted by Gasteiger charge is -2.07. The first-order valence-electron chi connectivity index (χ1n) is 8.30. The first kappa shape index (κ1) is 19.3. The van der Waals surface area contributed by atoms with E-state index in [-0.39, 0.29) is 11.6 Å². The summed E-state index contributed by atoms with van der Waals surface area (Å²) in [7, 11) is 0. The van der Waals surface area contributed by atoms with Gasteiger partial charge in [0.05, 0.1) is 11.8 Å². The lowest BCUT2D eigenvalue weighted by atomic mass is 10.1. The van der Waals surface area contributed by atoms with Gasteiger partial charge in [-0.1, -0.05) is 35.5 Å². The van der Waals surface area contributed by atoms with Gasteiger partial charge in [0.15, 0.2) is 0 Å². The van der Waals surface area contributed by atoms with Crippen molar-refractivity contribution in [3.63, 3.8) is 0 Å². The maximum atomic E-state index is 12.3. The summed E-state index contributed by atoms with van der Waals surface area (Å²) in [6.45, 7) is 0. The standard InChI is InChI=1S/C21H16BrN3O3/c22-19-9-5-4-8-18(19)21(26)25-24-20(14-23-27)15-10-12-17(13-11-15)28-16-6-2-1-3-7-16/h1-14,27H,(H,25,26). The lowest BCUT2D eigenvalue weighted by molar-refractivity contribution is 0.0954. The number of carbonyl (C=O) groups excluding carboxylic acids is 1. The summed E-state index contributed by atoms with van der Waals surface area (Å²) in [4.78, 5) is 12.3. The monoisotopic (exact) mass is 437 g/mol. The van der Waals surface area contributed by atoms with Gasteiger partial charge in [-0.3, -0.25) is 4.79 Å². The molecule has 0 aromatic heterocycles. The van der Waals surface area contributed by atoms with Crippen LogP contribution in [0.5, 0.6) is 11.5 Å². The molecule has 0 saturated heterocycles. The summed E-state index contributed by atoms with van der Waals surface area (Å²) in [5.41, 5.74) is 3.84. The number of para-hydroxylation sites is 1. The number of rotatable bonds is 6. The Hall–Kier alpha value is -3.45. The number of amides is 1. The van der Waals surface area contributed by atoms with Gasteiger partial charge in [0.25, 0.3) is 5.91 Å². The molecular formula is C21H16BrN3O3. The molecule has 0 aliphatic carbocycles. The molecular weight excluding hydrogens is 422 g/mol. The van der Waals surface area contributed by atoms with E-state index in [0.717, 1.165) is 12.0 Å². The molecule has 0 atom stereocenters. The average Bonchev–Trinajstić information content (AvgIpc) is 2.73. The third kappa shape index (κ3) is 5.05. The predicted octanol–water partition coefficient (Wildman–Crippen LogP) is 4.84. The van der Waals surface area contributed by atoms with Crippen molar-refractivity contribution in [3.8, 4) is 11.5 Å². The van der Waals surface area contributed by atoms with Gasteiger partial charge in [-0.2, -0.15) is 5.10 Å². The fourth-order valence-corrected chi connectivity index (χ4v) is 2.82. The first-order chi connectivity index (χ1) is 13.7. The quantitative estimate of drug-likeness (QED) is 0.328. The van der Waals surface area contributed by atoms with E-state index < -0.39 is 0 Å². The molecule has 1 amide bonds. The van der Waals surface area contributed by atoms with Crippen LogP contribution in [0.1, 0.15) is 15.9 Å². The van der Waals surface area contributed by atoms with E-state index in [1.165, 1.54) is 0 Å². The number of oxime groups is 1. The van der Waals surface area contributed by atoms with Gasteiger partial charge >= 0.3 is 0 Å². The van der Waals surface area contributed by atoms with Crippen molar-refractivity contribution < 1.29 is 14.7 Å². The smallest absolute Gasteiger partial charge is 0.272 e. The third-order valence-electron chi connectivity index (χ3n) is 3.71. The van der Waals surface area contributed by atoms with Gasteiger partial charge in [-0.05, 0) is 64.5 Å². The molecule has 28 heavy (non-hydrogen) atoms. The Bertz CT molecular complexity index is 1000. The highest BCUT2D eigenvalue weighted by atomic mass is 79.9. The van der Waals surface area contributed by atoms with Crippen LogP contribution < -0.4 is 10.2 Å². The maximum Gasteiger partial charge on any atom is 0.272 e. The number of hydrogen-bond acceptors (Lipinski definition) is 5. The van der Waals surface area contributed by atoms with Gasteiger partial charge in [0.1, 0.15) is 17.2 Å². The molecule has 0 aliphatic rings. The molecule has 0 unspecified atom stereocenters.